The van der Waals surface area contributed by atoms with Crippen LogP contribution in [0.15, 0.2) is 35.2 Å². The highest BCUT2D eigenvalue weighted by Crippen LogP contribution is 2.30. The fraction of sp³-hybridized carbons (Fsp3) is 0.235. The van der Waals surface area contributed by atoms with Crippen molar-refractivity contribution in [1.29, 1.82) is 0 Å². The molecule has 0 saturated carbocycles. The number of benzene rings is 2. The maximum atomic E-state index is 12.7. The van der Waals surface area contributed by atoms with E-state index in [-0.39, 0.29) is 21.9 Å². The number of sulfonamides is 1. The first-order valence-corrected chi connectivity index (χ1v) is 8.67. The number of ether oxygens (including phenoxy) is 1. The van der Waals surface area contributed by atoms with Crippen molar-refractivity contribution in [2.75, 3.05) is 11.8 Å². The lowest BCUT2D eigenvalue weighted by Crippen LogP contribution is -2.19. The number of phenols is 1. The normalized spacial score (nSPS) is 11.2. The monoisotopic (exact) mass is 349 g/mol. The number of rotatable bonds is 4. The maximum absolute atomic E-state index is 12.7. The molecule has 0 bridgehead atoms. The van der Waals surface area contributed by atoms with Crippen LogP contribution in [0.2, 0.25) is 0 Å². The van der Waals surface area contributed by atoms with Crippen molar-refractivity contribution >= 4 is 21.7 Å². The number of phenolic OH excluding ortho intramolecular Hbond substituents is 1. The summed E-state index contributed by atoms with van der Waals surface area (Å²) in [7, 11) is -2.84. The largest absolute Gasteiger partial charge is 0.507 e. The quantitative estimate of drug-likeness (QED) is 0.828. The second-order valence-electron chi connectivity index (χ2n) is 5.45. The number of nitrogens with one attached hydrogen (secondary N) is 1. The summed E-state index contributed by atoms with van der Waals surface area (Å²) >= 11 is 0. The first-order chi connectivity index (χ1) is 11.2. The van der Waals surface area contributed by atoms with Gasteiger partial charge < -0.3 is 9.84 Å². The van der Waals surface area contributed by atoms with Gasteiger partial charge in [0.1, 0.15) is 10.6 Å². The minimum absolute atomic E-state index is 0.0125. The minimum Gasteiger partial charge on any atom is -0.507 e. The summed E-state index contributed by atoms with van der Waals surface area (Å²) in [6.45, 7) is 4.96. The van der Waals surface area contributed by atoms with Crippen LogP contribution in [0.25, 0.3) is 0 Å². The molecule has 6 nitrogen and oxygen atoms in total. The van der Waals surface area contributed by atoms with Crippen LogP contribution >= 0.6 is 0 Å². The number of esters is 1. The molecule has 2 N–H and O–H groups in total. The van der Waals surface area contributed by atoms with E-state index in [4.69, 9.17) is 4.74 Å². The number of aryl methyl sites for hydroxylation is 2. The molecule has 0 heterocycles. The highest BCUT2D eigenvalue weighted by Gasteiger charge is 2.25. The number of anilines is 1. The first kappa shape index (κ1) is 17.8. The van der Waals surface area contributed by atoms with Crippen LogP contribution in [-0.4, -0.2) is 26.6 Å². The Morgan fingerprint density at radius 1 is 1.08 bits per heavy atom. The molecule has 2 aromatic rings. The first-order valence-electron chi connectivity index (χ1n) is 7.19. The van der Waals surface area contributed by atoms with Gasteiger partial charge in [-0.05, 0) is 44.0 Å². The van der Waals surface area contributed by atoms with Gasteiger partial charge in [0.2, 0.25) is 0 Å². The number of methoxy groups -OCH3 is 1. The van der Waals surface area contributed by atoms with Crippen molar-refractivity contribution < 1.29 is 23.1 Å². The predicted molar refractivity (Wildman–Crippen MR) is 90.9 cm³/mol. The third-order valence-corrected chi connectivity index (χ3v) is 5.20. The lowest BCUT2D eigenvalue weighted by atomic mass is 10.1. The Labute approximate surface area is 141 Å². The van der Waals surface area contributed by atoms with Gasteiger partial charge in [-0.15, -0.1) is 0 Å². The second-order valence-corrected chi connectivity index (χ2v) is 7.10. The zero-order valence-corrected chi connectivity index (χ0v) is 14.7. The Morgan fingerprint density at radius 3 is 2.38 bits per heavy atom. The van der Waals surface area contributed by atoms with Crippen molar-refractivity contribution in [2.45, 2.75) is 25.7 Å². The summed E-state index contributed by atoms with van der Waals surface area (Å²) < 4.78 is 32.6. The number of carbonyl (C=O) groups is 1. The molecular formula is C17H19NO5S. The van der Waals surface area contributed by atoms with Crippen LogP contribution < -0.4 is 4.72 Å². The Bertz CT molecular complexity index is 903. The number of aromatic hydroxyl groups is 1. The number of hydrogen-bond donors (Lipinski definition) is 2. The van der Waals surface area contributed by atoms with Crippen molar-refractivity contribution in [3.8, 4) is 5.75 Å². The fourth-order valence-electron chi connectivity index (χ4n) is 2.37. The predicted octanol–water partition coefficient (Wildman–Crippen LogP) is 2.90. The molecule has 0 aliphatic heterocycles. The molecule has 0 saturated heterocycles. The van der Waals surface area contributed by atoms with Gasteiger partial charge in [-0.25, -0.2) is 13.2 Å². The van der Waals surface area contributed by atoms with E-state index in [1.165, 1.54) is 13.2 Å². The molecule has 2 aromatic carbocycles. The fourth-order valence-corrected chi connectivity index (χ4v) is 3.77. The summed E-state index contributed by atoms with van der Waals surface area (Å²) in [4.78, 5) is 11.8. The summed E-state index contributed by atoms with van der Waals surface area (Å²) in [5.41, 5.74) is 1.78. The van der Waals surface area contributed by atoms with E-state index in [0.29, 0.717) is 16.7 Å². The molecule has 0 aliphatic carbocycles. The third-order valence-electron chi connectivity index (χ3n) is 3.79. The molecule has 0 spiro atoms. The molecule has 0 aliphatic rings. The topological polar surface area (TPSA) is 92.7 Å². The molecule has 128 valence electrons. The Hall–Kier alpha value is -2.54. The van der Waals surface area contributed by atoms with Gasteiger partial charge >= 0.3 is 5.97 Å². The zero-order chi connectivity index (χ0) is 18.1. The van der Waals surface area contributed by atoms with Crippen LogP contribution in [0.4, 0.5) is 5.69 Å². The third kappa shape index (κ3) is 3.21. The van der Waals surface area contributed by atoms with E-state index < -0.39 is 16.0 Å². The van der Waals surface area contributed by atoms with Crippen LogP contribution in [0.3, 0.4) is 0 Å². The lowest BCUT2D eigenvalue weighted by Gasteiger charge is -2.15. The molecule has 0 aromatic heterocycles. The van der Waals surface area contributed by atoms with Gasteiger partial charge in [-0.2, -0.15) is 0 Å². The highest BCUT2D eigenvalue weighted by atomic mass is 32.2. The standard InChI is InChI=1S/C17H19NO5S/c1-10-6-5-7-14(15(10)17(20)23-4)24(21,22)18-13-9-8-11(2)16(19)12(13)3/h5-9,18-19H,1-4H3. The van der Waals surface area contributed by atoms with Gasteiger partial charge in [0, 0.05) is 5.56 Å². The molecule has 0 atom stereocenters. The molecular weight excluding hydrogens is 330 g/mol. The van der Waals surface area contributed by atoms with Crippen molar-refractivity contribution in [3.05, 3.63) is 52.6 Å². The summed E-state index contributed by atoms with van der Waals surface area (Å²) in [5.74, 6) is -0.704. The van der Waals surface area contributed by atoms with Crippen molar-refractivity contribution in [3.63, 3.8) is 0 Å². The van der Waals surface area contributed by atoms with Crippen LogP contribution in [0.5, 0.6) is 5.75 Å². The van der Waals surface area contributed by atoms with Gasteiger partial charge in [0.25, 0.3) is 10.0 Å². The average molecular weight is 349 g/mol. The van der Waals surface area contributed by atoms with Gasteiger partial charge in [0.15, 0.2) is 0 Å². The van der Waals surface area contributed by atoms with Gasteiger partial charge in [-0.3, -0.25) is 4.72 Å². The van der Waals surface area contributed by atoms with Gasteiger partial charge in [-0.1, -0.05) is 18.2 Å². The number of carbonyl (C=O) groups excluding carboxylic acids is 1. The smallest absolute Gasteiger partial charge is 0.339 e. The summed E-state index contributed by atoms with van der Waals surface area (Å²) in [5, 5.41) is 9.97. The zero-order valence-electron chi connectivity index (χ0n) is 13.9. The molecule has 2 rings (SSSR count). The van der Waals surface area contributed by atoms with E-state index >= 15 is 0 Å². The van der Waals surface area contributed by atoms with E-state index in [1.807, 2.05) is 0 Å². The molecule has 0 radical (unpaired) electrons. The highest BCUT2D eigenvalue weighted by molar-refractivity contribution is 7.92. The van der Waals surface area contributed by atoms with Crippen molar-refractivity contribution in [2.24, 2.45) is 0 Å². The maximum Gasteiger partial charge on any atom is 0.339 e. The Morgan fingerprint density at radius 2 is 1.75 bits per heavy atom. The number of hydrogen-bond acceptors (Lipinski definition) is 5. The minimum atomic E-state index is -4.04. The van der Waals surface area contributed by atoms with Crippen LogP contribution in [0.1, 0.15) is 27.0 Å². The van der Waals surface area contributed by atoms with E-state index in [0.717, 1.165) is 0 Å². The molecule has 7 heteroatoms. The second kappa shape index (κ2) is 6.52. The molecule has 0 amide bonds. The Kier molecular flexibility index (Phi) is 4.84. The van der Waals surface area contributed by atoms with E-state index in [1.54, 1.807) is 45.0 Å². The Balaban J connectivity index is 2.56. The summed E-state index contributed by atoms with van der Waals surface area (Å²) in [6.07, 6.45) is 0. The van der Waals surface area contributed by atoms with Crippen LogP contribution in [0, 0.1) is 20.8 Å². The van der Waals surface area contributed by atoms with Gasteiger partial charge in [0.05, 0.1) is 18.4 Å². The van der Waals surface area contributed by atoms with Crippen molar-refractivity contribution in [1.82, 2.24) is 0 Å². The average Bonchev–Trinajstić information content (AvgIpc) is 2.54. The molecule has 24 heavy (non-hydrogen) atoms. The van der Waals surface area contributed by atoms with E-state index in [9.17, 15) is 18.3 Å². The molecule has 0 fully saturated rings. The van der Waals surface area contributed by atoms with Crippen LogP contribution in [-0.2, 0) is 14.8 Å². The SMILES string of the molecule is COC(=O)c1c(C)cccc1S(=O)(=O)Nc1ccc(C)c(O)c1C. The lowest BCUT2D eigenvalue weighted by molar-refractivity contribution is 0.0595. The van der Waals surface area contributed by atoms with E-state index in [2.05, 4.69) is 4.72 Å². The molecule has 0 unspecified atom stereocenters. The summed E-state index contributed by atoms with van der Waals surface area (Å²) in [6, 6.07) is 7.70.